The predicted molar refractivity (Wildman–Crippen MR) is 41.5 cm³/mol. The molecule has 1 heterocycles. The van der Waals surface area contributed by atoms with Crippen molar-refractivity contribution in [3.63, 3.8) is 0 Å². The van der Waals surface area contributed by atoms with Crippen LogP contribution in [0.5, 0.6) is 6.01 Å². The summed E-state index contributed by atoms with van der Waals surface area (Å²) in [5.74, 6) is 0. The van der Waals surface area contributed by atoms with Crippen molar-refractivity contribution >= 4 is 0 Å². The van der Waals surface area contributed by atoms with E-state index in [9.17, 15) is 13.2 Å². The molecule has 1 rings (SSSR count). The molecule has 0 aliphatic carbocycles. The summed E-state index contributed by atoms with van der Waals surface area (Å²) in [7, 11) is 0. The molecule has 2 N–H and O–H groups in total. The molecule has 0 bridgehead atoms. The first-order valence-electron chi connectivity index (χ1n) is 3.72. The highest BCUT2D eigenvalue weighted by Gasteiger charge is 2.28. The molecule has 0 radical (unpaired) electrons. The second-order valence-electron chi connectivity index (χ2n) is 2.48. The van der Waals surface area contributed by atoms with Gasteiger partial charge in [-0.3, -0.25) is 0 Å². The molecule has 0 saturated heterocycles. The zero-order valence-electron chi connectivity index (χ0n) is 7.08. The van der Waals surface area contributed by atoms with Gasteiger partial charge in [-0.05, 0) is 0 Å². The van der Waals surface area contributed by atoms with Crippen molar-refractivity contribution in [3.8, 4) is 6.01 Å². The van der Waals surface area contributed by atoms with Gasteiger partial charge in [-0.15, -0.1) is 0 Å². The van der Waals surface area contributed by atoms with E-state index in [1.165, 1.54) is 12.4 Å². The van der Waals surface area contributed by atoms with Crippen LogP contribution in [0.4, 0.5) is 13.2 Å². The van der Waals surface area contributed by atoms with Crippen molar-refractivity contribution in [3.05, 3.63) is 18.0 Å². The number of ether oxygens (including phenoxy) is 1. The van der Waals surface area contributed by atoms with Crippen LogP contribution in [-0.4, -0.2) is 22.8 Å². The van der Waals surface area contributed by atoms with Crippen LogP contribution in [0.2, 0.25) is 0 Å². The van der Waals surface area contributed by atoms with Gasteiger partial charge in [0.15, 0.2) is 6.61 Å². The first-order valence-corrected chi connectivity index (χ1v) is 3.72. The van der Waals surface area contributed by atoms with E-state index in [0.717, 1.165) is 0 Å². The highest BCUT2D eigenvalue weighted by Crippen LogP contribution is 2.15. The number of nitrogens with zero attached hydrogens (tertiary/aromatic N) is 2. The average Bonchev–Trinajstić information content (AvgIpc) is 2.14. The van der Waals surface area contributed by atoms with Crippen molar-refractivity contribution in [1.29, 1.82) is 0 Å². The Hall–Kier alpha value is -1.37. The Morgan fingerprint density at radius 3 is 2.29 bits per heavy atom. The third-order valence-electron chi connectivity index (χ3n) is 1.28. The lowest BCUT2D eigenvalue weighted by atomic mass is 10.4. The van der Waals surface area contributed by atoms with Gasteiger partial charge >= 0.3 is 12.2 Å². The summed E-state index contributed by atoms with van der Waals surface area (Å²) in [6.45, 7) is -1.16. The lowest BCUT2D eigenvalue weighted by Crippen LogP contribution is -2.20. The van der Waals surface area contributed by atoms with E-state index in [4.69, 9.17) is 5.73 Å². The minimum Gasteiger partial charge on any atom is -0.454 e. The van der Waals surface area contributed by atoms with Gasteiger partial charge in [0.25, 0.3) is 0 Å². The van der Waals surface area contributed by atoms with Crippen LogP contribution in [0, 0.1) is 0 Å². The Balaban J connectivity index is 2.52. The van der Waals surface area contributed by atoms with Gasteiger partial charge in [0.2, 0.25) is 0 Å². The van der Waals surface area contributed by atoms with Crippen molar-refractivity contribution < 1.29 is 17.9 Å². The van der Waals surface area contributed by atoms with Gasteiger partial charge in [-0.2, -0.15) is 13.2 Å². The molecule has 78 valence electrons. The number of rotatable bonds is 3. The number of hydrogen-bond donors (Lipinski definition) is 1. The number of halogens is 3. The fourth-order valence-corrected chi connectivity index (χ4v) is 0.669. The van der Waals surface area contributed by atoms with Gasteiger partial charge in [0.1, 0.15) is 0 Å². The van der Waals surface area contributed by atoms with E-state index in [1.54, 1.807) is 0 Å². The first-order chi connectivity index (χ1) is 6.51. The standard InChI is InChI=1S/C7H8F3N3O/c8-7(9,10)4-14-6-12-2-5(1-11)3-13-6/h2-3H,1,4,11H2. The second kappa shape index (κ2) is 4.23. The Morgan fingerprint density at radius 1 is 1.29 bits per heavy atom. The number of aromatic nitrogens is 2. The topological polar surface area (TPSA) is 61.0 Å². The van der Waals surface area contributed by atoms with Gasteiger partial charge in [-0.25, -0.2) is 9.97 Å². The maximum atomic E-state index is 11.7. The third-order valence-corrected chi connectivity index (χ3v) is 1.28. The molecule has 4 nitrogen and oxygen atoms in total. The molecule has 0 unspecified atom stereocenters. The summed E-state index contributed by atoms with van der Waals surface area (Å²) in [4.78, 5) is 7.08. The van der Waals surface area contributed by atoms with E-state index in [2.05, 4.69) is 14.7 Å². The molecule has 1 aromatic rings. The third kappa shape index (κ3) is 3.56. The Morgan fingerprint density at radius 2 is 1.86 bits per heavy atom. The highest BCUT2D eigenvalue weighted by molar-refractivity contribution is 5.06. The van der Waals surface area contributed by atoms with Gasteiger partial charge in [0.05, 0.1) is 0 Å². The largest absolute Gasteiger partial charge is 0.454 e. The minimum absolute atomic E-state index is 0.236. The van der Waals surface area contributed by atoms with Crippen molar-refractivity contribution in [2.45, 2.75) is 12.7 Å². The van der Waals surface area contributed by atoms with E-state index < -0.39 is 12.8 Å². The Kier molecular flexibility index (Phi) is 3.23. The number of hydrogen-bond acceptors (Lipinski definition) is 4. The molecular weight excluding hydrogens is 199 g/mol. The fraction of sp³-hybridized carbons (Fsp3) is 0.429. The molecule has 0 atom stereocenters. The lowest BCUT2D eigenvalue weighted by molar-refractivity contribution is -0.154. The van der Waals surface area contributed by atoms with E-state index in [1.807, 2.05) is 0 Å². The molecule has 0 aliphatic heterocycles. The Bertz CT molecular complexity index is 285. The predicted octanol–water partition coefficient (Wildman–Crippen LogP) is 0.876. The molecule has 1 aromatic heterocycles. The number of nitrogens with two attached hydrogens (primary N) is 1. The summed E-state index contributed by atoms with van der Waals surface area (Å²) >= 11 is 0. The Labute approximate surface area is 77.9 Å². The van der Waals surface area contributed by atoms with Crippen LogP contribution in [-0.2, 0) is 6.54 Å². The lowest BCUT2D eigenvalue weighted by Gasteiger charge is -2.06. The normalized spacial score (nSPS) is 11.4. The molecule has 0 aliphatic rings. The molecule has 14 heavy (non-hydrogen) atoms. The minimum atomic E-state index is -4.38. The molecule has 7 heteroatoms. The monoisotopic (exact) mass is 207 g/mol. The van der Waals surface area contributed by atoms with Crippen molar-refractivity contribution in [1.82, 2.24) is 9.97 Å². The van der Waals surface area contributed by atoms with Crippen molar-refractivity contribution in [2.75, 3.05) is 6.61 Å². The summed E-state index contributed by atoms with van der Waals surface area (Å²) in [6.07, 6.45) is -1.74. The zero-order valence-corrected chi connectivity index (χ0v) is 7.08. The van der Waals surface area contributed by atoms with Crippen LogP contribution >= 0.6 is 0 Å². The quantitative estimate of drug-likeness (QED) is 0.799. The number of alkyl halides is 3. The summed E-state index contributed by atoms with van der Waals surface area (Å²) in [6, 6.07) is -0.306. The van der Waals surface area contributed by atoms with Crippen LogP contribution in [0.3, 0.4) is 0 Å². The SMILES string of the molecule is NCc1cnc(OCC(F)(F)F)nc1. The van der Waals surface area contributed by atoms with Crippen molar-refractivity contribution in [2.24, 2.45) is 5.73 Å². The first kappa shape index (κ1) is 10.7. The zero-order chi connectivity index (χ0) is 10.6. The van der Waals surface area contributed by atoms with Crippen LogP contribution in [0.15, 0.2) is 12.4 Å². The van der Waals surface area contributed by atoms with Crippen LogP contribution < -0.4 is 10.5 Å². The van der Waals surface area contributed by atoms with Gasteiger partial charge in [0, 0.05) is 24.5 Å². The second-order valence-corrected chi connectivity index (χ2v) is 2.48. The fourth-order valence-electron chi connectivity index (χ4n) is 0.669. The van der Waals surface area contributed by atoms with Crippen LogP contribution in [0.1, 0.15) is 5.56 Å². The molecular formula is C7H8F3N3O. The van der Waals surface area contributed by atoms with Gasteiger partial charge < -0.3 is 10.5 Å². The summed E-state index contributed by atoms with van der Waals surface area (Å²) < 4.78 is 39.3. The molecule has 0 amide bonds. The van der Waals surface area contributed by atoms with E-state index in [-0.39, 0.29) is 12.6 Å². The molecule has 0 aromatic carbocycles. The smallest absolute Gasteiger partial charge is 0.422 e. The van der Waals surface area contributed by atoms with E-state index in [0.29, 0.717) is 5.56 Å². The molecule has 0 saturated carbocycles. The molecule has 0 fully saturated rings. The summed E-state index contributed by atoms with van der Waals surface area (Å²) in [5.41, 5.74) is 5.87. The van der Waals surface area contributed by atoms with E-state index >= 15 is 0 Å². The van der Waals surface area contributed by atoms with Crippen LogP contribution in [0.25, 0.3) is 0 Å². The summed E-state index contributed by atoms with van der Waals surface area (Å²) in [5, 5.41) is 0. The molecule has 0 spiro atoms. The van der Waals surface area contributed by atoms with Gasteiger partial charge in [-0.1, -0.05) is 0 Å². The highest BCUT2D eigenvalue weighted by atomic mass is 19.4. The maximum absolute atomic E-state index is 11.7. The maximum Gasteiger partial charge on any atom is 0.422 e. The average molecular weight is 207 g/mol.